The quantitative estimate of drug-likeness (QED) is 0.730. The van der Waals surface area contributed by atoms with Gasteiger partial charge >= 0.3 is 0 Å². The van der Waals surface area contributed by atoms with E-state index < -0.39 is 0 Å². The van der Waals surface area contributed by atoms with Crippen molar-refractivity contribution in [3.8, 4) is 11.3 Å². The zero-order chi connectivity index (χ0) is 13.6. The molecule has 2 heterocycles. The molecule has 3 rings (SSSR count). The zero-order valence-electron chi connectivity index (χ0n) is 10.2. The Morgan fingerprint density at radius 2 is 1.79 bits per heavy atom. The first-order valence-electron chi connectivity index (χ1n) is 5.77. The number of nitrogens with zero attached hydrogens (tertiary/aromatic N) is 2. The topological polar surface area (TPSA) is 43.3 Å². The molecule has 2 aromatic heterocycles. The minimum Gasteiger partial charge on any atom is -0.383 e. The fourth-order valence-electron chi connectivity index (χ4n) is 2.13. The molecule has 0 aliphatic heterocycles. The van der Waals surface area contributed by atoms with E-state index in [0.717, 1.165) is 11.2 Å². The van der Waals surface area contributed by atoms with Crippen molar-refractivity contribution in [3.63, 3.8) is 0 Å². The summed E-state index contributed by atoms with van der Waals surface area (Å²) in [5.74, 6) is 0.536. The fraction of sp³-hybridized carbons (Fsp3) is 0.0714. The van der Waals surface area contributed by atoms with E-state index in [4.69, 9.17) is 28.9 Å². The van der Waals surface area contributed by atoms with E-state index in [0.29, 0.717) is 27.1 Å². The summed E-state index contributed by atoms with van der Waals surface area (Å²) in [4.78, 5) is 4.57. The Balaban J connectivity index is 2.38. The molecule has 2 N–H and O–H groups in total. The van der Waals surface area contributed by atoms with Gasteiger partial charge in [0.05, 0.1) is 10.0 Å². The Labute approximate surface area is 120 Å². The molecule has 0 radical (unpaired) electrons. The number of halogens is 2. The largest absolute Gasteiger partial charge is 0.383 e. The number of anilines is 1. The monoisotopic (exact) mass is 291 g/mol. The minimum absolute atomic E-state index is 0.536. The molecule has 0 bridgehead atoms. The maximum Gasteiger partial charge on any atom is 0.142 e. The third-order valence-corrected chi connectivity index (χ3v) is 3.71. The number of aromatic nitrogens is 2. The van der Waals surface area contributed by atoms with E-state index in [1.807, 2.05) is 29.7 Å². The maximum absolute atomic E-state index is 6.21. The van der Waals surface area contributed by atoms with Crippen LogP contribution in [0, 0.1) is 6.92 Å². The van der Waals surface area contributed by atoms with Gasteiger partial charge in [0.2, 0.25) is 0 Å². The third-order valence-electron chi connectivity index (χ3n) is 3.08. The molecule has 3 nitrogen and oxygen atoms in total. The molecule has 0 atom stereocenters. The van der Waals surface area contributed by atoms with E-state index in [2.05, 4.69) is 4.98 Å². The van der Waals surface area contributed by atoms with Gasteiger partial charge in [-0.1, -0.05) is 35.3 Å². The second kappa shape index (κ2) is 4.44. The Kier molecular flexibility index (Phi) is 2.88. The average Bonchev–Trinajstić information content (AvgIpc) is 2.69. The highest BCUT2D eigenvalue weighted by Gasteiger charge is 2.17. The lowest BCUT2D eigenvalue weighted by molar-refractivity contribution is 1.17. The predicted molar refractivity (Wildman–Crippen MR) is 79.8 cm³/mol. The predicted octanol–water partition coefficient (Wildman–Crippen LogP) is 4.20. The summed E-state index contributed by atoms with van der Waals surface area (Å²) >= 11 is 12.4. The van der Waals surface area contributed by atoms with Crippen LogP contribution in [0.2, 0.25) is 10.0 Å². The van der Waals surface area contributed by atoms with E-state index >= 15 is 0 Å². The molecule has 0 fully saturated rings. The molecule has 0 amide bonds. The zero-order valence-corrected chi connectivity index (χ0v) is 11.7. The second-order valence-electron chi connectivity index (χ2n) is 4.33. The van der Waals surface area contributed by atoms with Crippen molar-refractivity contribution in [3.05, 3.63) is 52.1 Å². The van der Waals surface area contributed by atoms with Crippen LogP contribution in [0.5, 0.6) is 0 Å². The number of rotatable bonds is 1. The first-order valence-corrected chi connectivity index (χ1v) is 6.52. The van der Waals surface area contributed by atoms with Gasteiger partial charge in [-0.05, 0) is 30.7 Å². The Morgan fingerprint density at radius 1 is 1.11 bits per heavy atom. The van der Waals surface area contributed by atoms with Crippen LogP contribution in [-0.2, 0) is 0 Å². The number of fused-ring (bicyclic) bond motifs is 1. The SMILES string of the molecule is Cc1cccn2c(N)c(-c3c(Cl)cccc3Cl)nc12. The third kappa shape index (κ3) is 1.86. The number of hydrogen-bond acceptors (Lipinski definition) is 2. The number of hydrogen-bond donors (Lipinski definition) is 1. The van der Waals surface area contributed by atoms with Gasteiger partial charge in [0.1, 0.15) is 17.2 Å². The molecule has 0 saturated heterocycles. The van der Waals surface area contributed by atoms with Crippen LogP contribution in [0.25, 0.3) is 16.9 Å². The van der Waals surface area contributed by atoms with Crippen molar-refractivity contribution in [2.24, 2.45) is 0 Å². The van der Waals surface area contributed by atoms with Gasteiger partial charge in [0.25, 0.3) is 0 Å². The molecule has 0 aliphatic rings. The second-order valence-corrected chi connectivity index (χ2v) is 5.14. The van der Waals surface area contributed by atoms with Crippen LogP contribution in [0.4, 0.5) is 5.82 Å². The standard InChI is InChI=1S/C14H11Cl2N3/c1-8-4-3-7-19-13(17)12(18-14(8)19)11-9(15)5-2-6-10(11)16/h2-7H,17H2,1H3. The highest BCUT2D eigenvalue weighted by Crippen LogP contribution is 2.37. The van der Waals surface area contributed by atoms with Crippen molar-refractivity contribution >= 4 is 34.7 Å². The van der Waals surface area contributed by atoms with Crippen molar-refractivity contribution in [2.75, 3.05) is 5.73 Å². The van der Waals surface area contributed by atoms with Crippen LogP contribution in [0.1, 0.15) is 5.56 Å². The first kappa shape index (κ1) is 12.3. The van der Waals surface area contributed by atoms with Gasteiger partial charge in [-0.2, -0.15) is 0 Å². The van der Waals surface area contributed by atoms with Gasteiger partial charge < -0.3 is 5.73 Å². The number of pyridine rings is 1. The number of nitrogen functional groups attached to an aromatic ring is 1. The normalized spacial score (nSPS) is 11.1. The van der Waals surface area contributed by atoms with Gasteiger partial charge in [-0.25, -0.2) is 4.98 Å². The van der Waals surface area contributed by atoms with E-state index in [1.165, 1.54) is 0 Å². The molecular formula is C14H11Cl2N3. The molecule has 1 aromatic carbocycles. The van der Waals surface area contributed by atoms with Crippen LogP contribution in [0.15, 0.2) is 36.5 Å². The molecule has 96 valence electrons. The summed E-state index contributed by atoms with van der Waals surface area (Å²) in [7, 11) is 0. The smallest absolute Gasteiger partial charge is 0.142 e. The summed E-state index contributed by atoms with van der Waals surface area (Å²) in [5, 5.41) is 1.08. The molecule has 0 aliphatic carbocycles. The highest BCUT2D eigenvalue weighted by molar-refractivity contribution is 6.39. The molecular weight excluding hydrogens is 281 g/mol. The van der Waals surface area contributed by atoms with Gasteiger partial charge in [-0.15, -0.1) is 0 Å². The maximum atomic E-state index is 6.21. The van der Waals surface area contributed by atoms with Crippen molar-refractivity contribution < 1.29 is 0 Å². The summed E-state index contributed by atoms with van der Waals surface area (Å²) in [6.07, 6.45) is 1.87. The lowest BCUT2D eigenvalue weighted by atomic mass is 10.1. The molecule has 3 aromatic rings. The molecule has 0 saturated carbocycles. The highest BCUT2D eigenvalue weighted by atomic mass is 35.5. The van der Waals surface area contributed by atoms with Crippen molar-refractivity contribution in [2.45, 2.75) is 6.92 Å². The fourth-order valence-corrected chi connectivity index (χ4v) is 2.71. The first-order chi connectivity index (χ1) is 9.09. The number of nitrogens with two attached hydrogens (primary N) is 1. The molecule has 0 unspecified atom stereocenters. The number of benzene rings is 1. The molecule has 5 heteroatoms. The van der Waals surface area contributed by atoms with Gasteiger partial charge in [0, 0.05) is 11.8 Å². The summed E-state index contributed by atoms with van der Waals surface area (Å²) < 4.78 is 1.84. The van der Waals surface area contributed by atoms with Crippen molar-refractivity contribution in [1.29, 1.82) is 0 Å². The van der Waals surface area contributed by atoms with Crippen LogP contribution >= 0.6 is 23.2 Å². The molecule has 0 spiro atoms. The molecule has 19 heavy (non-hydrogen) atoms. The Hall–Kier alpha value is -1.71. The summed E-state index contributed by atoms with van der Waals surface area (Å²) in [5.41, 5.74) is 9.31. The lowest BCUT2D eigenvalue weighted by Crippen LogP contribution is -1.94. The van der Waals surface area contributed by atoms with E-state index in [-0.39, 0.29) is 0 Å². The van der Waals surface area contributed by atoms with E-state index in [9.17, 15) is 0 Å². The van der Waals surface area contributed by atoms with E-state index in [1.54, 1.807) is 18.2 Å². The number of aryl methyl sites for hydroxylation is 1. The van der Waals surface area contributed by atoms with Crippen LogP contribution < -0.4 is 5.73 Å². The van der Waals surface area contributed by atoms with Gasteiger partial charge in [-0.3, -0.25) is 4.40 Å². The Bertz CT molecular complexity index is 757. The minimum atomic E-state index is 0.536. The van der Waals surface area contributed by atoms with Gasteiger partial charge in [0.15, 0.2) is 0 Å². The lowest BCUT2D eigenvalue weighted by Gasteiger charge is -2.04. The number of imidazole rings is 1. The van der Waals surface area contributed by atoms with Crippen molar-refractivity contribution in [1.82, 2.24) is 9.38 Å². The van der Waals surface area contributed by atoms with Crippen LogP contribution in [-0.4, -0.2) is 9.38 Å². The summed E-state index contributed by atoms with van der Waals surface area (Å²) in [6, 6.07) is 9.27. The average molecular weight is 292 g/mol. The van der Waals surface area contributed by atoms with Crippen LogP contribution in [0.3, 0.4) is 0 Å². The summed E-state index contributed by atoms with van der Waals surface area (Å²) in [6.45, 7) is 1.99. The Morgan fingerprint density at radius 3 is 2.42 bits per heavy atom.